The van der Waals surface area contributed by atoms with Crippen molar-refractivity contribution in [2.24, 2.45) is 0 Å². The lowest BCUT2D eigenvalue weighted by Gasteiger charge is -2.15. The highest BCUT2D eigenvalue weighted by molar-refractivity contribution is 7.07. The highest BCUT2D eigenvalue weighted by Gasteiger charge is 2.29. The van der Waals surface area contributed by atoms with Crippen molar-refractivity contribution < 1.29 is 9.18 Å². The number of hydrogen-bond donors (Lipinski definition) is 0. The summed E-state index contributed by atoms with van der Waals surface area (Å²) in [6.45, 7) is 1.23. The van der Waals surface area contributed by atoms with E-state index in [4.69, 9.17) is 0 Å². The van der Waals surface area contributed by atoms with Crippen LogP contribution >= 0.6 is 11.3 Å². The van der Waals surface area contributed by atoms with Crippen molar-refractivity contribution in [1.29, 1.82) is 0 Å². The Balaban J connectivity index is 1.74. The number of benzene rings is 1. The molecule has 0 saturated carbocycles. The maximum absolute atomic E-state index is 13.7. The molecule has 1 atom stereocenters. The number of carbonyl (C=O) groups excluding carboxylic acids is 1. The van der Waals surface area contributed by atoms with Gasteiger partial charge in [-0.15, -0.1) is 11.3 Å². The molecule has 5 heteroatoms. The Morgan fingerprint density at radius 2 is 2.26 bits per heavy atom. The Bertz CT molecular complexity index is 585. The summed E-state index contributed by atoms with van der Waals surface area (Å²) in [5.41, 5.74) is 2.84. The first-order chi connectivity index (χ1) is 9.25. The van der Waals surface area contributed by atoms with Gasteiger partial charge in [0.25, 0.3) is 5.91 Å². The summed E-state index contributed by atoms with van der Waals surface area (Å²) in [5, 5.41) is 1.75. The molecule has 0 bridgehead atoms. The second-order valence-corrected chi connectivity index (χ2v) is 5.35. The van der Waals surface area contributed by atoms with Crippen LogP contribution in [0.2, 0.25) is 0 Å². The number of carbonyl (C=O) groups is 1. The quantitative estimate of drug-likeness (QED) is 0.845. The summed E-state index contributed by atoms with van der Waals surface area (Å²) < 4.78 is 13.7. The molecule has 19 heavy (non-hydrogen) atoms. The van der Waals surface area contributed by atoms with Crippen molar-refractivity contribution in [2.75, 3.05) is 13.1 Å². The van der Waals surface area contributed by atoms with Gasteiger partial charge < -0.3 is 4.90 Å². The number of hydrogen-bond acceptors (Lipinski definition) is 3. The normalized spacial score (nSPS) is 18.8. The van der Waals surface area contributed by atoms with Crippen molar-refractivity contribution in [1.82, 2.24) is 9.88 Å². The monoisotopic (exact) mass is 276 g/mol. The van der Waals surface area contributed by atoms with E-state index in [2.05, 4.69) is 4.98 Å². The fraction of sp³-hybridized carbons (Fsp3) is 0.286. The van der Waals surface area contributed by atoms with E-state index in [0.717, 1.165) is 6.42 Å². The van der Waals surface area contributed by atoms with Crippen LogP contribution in [0.3, 0.4) is 0 Å². The van der Waals surface area contributed by atoms with Crippen molar-refractivity contribution in [2.45, 2.75) is 12.3 Å². The van der Waals surface area contributed by atoms with Crippen molar-refractivity contribution >= 4 is 17.2 Å². The number of nitrogens with zero attached hydrogens (tertiary/aromatic N) is 2. The van der Waals surface area contributed by atoms with Crippen molar-refractivity contribution in [3.63, 3.8) is 0 Å². The van der Waals surface area contributed by atoms with E-state index in [1.165, 1.54) is 17.4 Å². The van der Waals surface area contributed by atoms with E-state index in [-0.39, 0.29) is 17.6 Å². The molecule has 0 radical (unpaired) electrons. The molecule has 1 fully saturated rings. The van der Waals surface area contributed by atoms with Gasteiger partial charge in [0.15, 0.2) is 0 Å². The van der Waals surface area contributed by atoms with Crippen LogP contribution in [0.15, 0.2) is 35.2 Å². The Labute approximate surface area is 114 Å². The lowest BCUT2D eigenvalue weighted by Crippen LogP contribution is -2.28. The first kappa shape index (κ1) is 12.3. The molecule has 98 valence electrons. The first-order valence-electron chi connectivity index (χ1n) is 6.17. The summed E-state index contributed by atoms with van der Waals surface area (Å²) in [6.07, 6.45) is 0.802. The maximum Gasteiger partial charge on any atom is 0.273 e. The molecule has 1 unspecified atom stereocenters. The first-order valence-corrected chi connectivity index (χ1v) is 7.12. The molecule has 1 aromatic carbocycles. The van der Waals surface area contributed by atoms with Gasteiger partial charge >= 0.3 is 0 Å². The zero-order valence-electron chi connectivity index (χ0n) is 10.3. The summed E-state index contributed by atoms with van der Waals surface area (Å²) >= 11 is 1.41. The summed E-state index contributed by atoms with van der Waals surface area (Å²) in [5.74, 6) is -0.153. The van der Waals surface area contributed by atoms with Crippen LogP contribution in [-0.2, 0) is 0 Å². The molecule has 0 spiro atoms. The van der Waals surface area contributed by atoms with Crippen LogP contribution in [-0.4, -0.2) is 28.9 Å². The molecule has 0 N–H and O–H groups in total. The topological polar surface area (TPSA) is 33.2 Å². The minimum absolute atomic E-state index is 0.0555. The predicted molar refractivity (Wildman–Crippen MR) is 71.8 cm³/mol. The predicted octanol–water partition coefficient (Wildman–Crippen LogP) is 2.91. The van der Waals surface area contributed by atoms with Gasteiger partial charge in [0.1, 0.15) is 11.5 Å². The highest BCUT2D eigenvalue weighted by atomic mass is 32.1. The number of amides is 1. The standard InChI is InChI=1S/C14H13FN2OS/c15-12-4-2-1-3-11(12)10-5-6-17(7-10)14(18)13-8-19-9-16-13/h1-4,8-10H,5-7H2. The molecule has 1 aliphatic heterocycles. The third-order valence-corrected chi connectivity index (χ3v) is 4.06. The zero-order chi connectivity index (χ0) is 13.2. The average Bonchev–Trinajstić information content (AvgIpc) is 3.10. The minimum Gasteiger partial charge on any atom is -0.337 e. The molecule has 1 aliphatic rings. The molecular weight excluding hydrogens is 263 g/mol. The van der Waals surface area contributed by atoms with Gasteiger partial charge in [0.2, 0.25) is 0 Å². The van der Waals surface area contributed by atoms with Crippen LogP contribution < -0.4 is 0 Å². The van der Waals surface area contributed by atoms with Gasteiger partial charge in [0, 0.05) is 24.4 Å². The largest absolute Gasteiger partial charge is 0.337 e. The van der Waals surface area contributed by atoms with Crippen LogP contribution in [0.5, 0.6) is 0 Å². The van der Waals surface area contributed by atoms with Gasteiger partial charge in [-0.05, 0) is 18.1 Å². The van der Waals surface area contributed by atoms with Crippen LogP contribution in [0.25, 0.3) is 0 Å². The Morgan fingerprint density at radius 1 is 1.42 bits per heavy atom. The molecule has 1 saturated heterocycles. The molecule has 2 heterocycles. The van der Waals surface area contributed by atoms with E-state index in [9.17, 15) is 9.18 Å². The summed E-state index contributed by atoms with van der Waals surface area (Å²) in [7, 11) is 0. The molecular formula is C14H13FN2OS. The second-order valence-electron chi connectivity index (χ2n) is 4.63. The molecule has 2 aromatic rings. The molecule has 3 nitrogen and oxygen atoms in total. The number of thiazole rings is 1. The average molecular weight is 276 g/mol. The van der Waals surface area contributed by atoms with E-state index < -0.39 is 0 Å². The van der Waals surface area contributed by atoms with Crippen molar-refractivity contribution in [3.8, 4) is 0 Å². The Morgan fingerprint density at radius 3 is 3.00 bits per heavy atom. The fourth-order valence-corrected chi connectivity index (χ4v) is 3.01. The molecule has 3 rings (SSSR count). The lowest BCUT2D eigenvalue weighted by atomic mass is 9.98. The summed E-state index contributed by atoms with van der Waals surface area (Å²) in [4.78, 5) is 17.9. The molecule has 0 aliphatic carbocycles. The lowest BCUT2D eigenvalue weighted by molar-refractivity contribution is 0.0785. The van der Waals surface area contributed by atoms with E-state index in [0.29, 0.717) is 24.3 Å². The second kappa shape index (κ2) is 5.09. The van der Waals surface area contributed by atoms with Crippen molar-refractivity contribution in [3.05, 3.63) is 52.2 Å². The van der Waals surface area contributed by atoms with E-state index in [1.54, 1.807) is 27.9 Å². The van der Waals surface area contributed by atoms with Gasteiger partial charge in [-0.25, -0.2) is 9.37 Å². The fourth-order valence-electron chi connectivity index (χ4n) is 2.48. The van der Waals surface area contributed by atoms with Gasteiger partial charge in [-0.3, -0.25) is 4.79 Å². The number of halogens is 1. The summed E-state index contributed by atoms with van der Waals surface area (Å²) in [6, 6.07) is 6.80. The minimum atomic E-state index is -0.185. The smallest absolute Gasteiger partial charge is 0.273 e. The maximum atomic E-state index is 13.7. The van der Waals surface area contributed by atoms with Gasteiger partial charge in [0.05, 0.1) is 5.51 Å². The molecule has 1 amide bonds. The van der Waals surface area contributed by atoms with Crippen LogP contribution in [0.1, 0.15) is 28.4 Å². The van der Waals surface area contributed by atoms with E-state index in [1.807, 2.05) is 6.07 Å². The number of likely N-dealkylation sites (tertiary alicyclic amines) is 1. The molecule has 1 aromatic heterocycles. The highest BCUT2D eigenvalue weighted by Crippen LogP contribution is 2.29. The number of aromatic nitrogens is 1. The van der Waals surface area contributed by atoms with Gasteiger partial charge in [-0.1, -0.05) is 18.2 Å². The zero-order valence-corrected chi connectivity index (χ0v) is 11.1. The third-order valence-electron chi connectivity index (χ3n) is 3.47. The Kier molecular flexibility index (Phi) is 3.29. The van der Waals surface area contributed by atoms with Crippen LogP contribution in [0, 0.1) is 5.82 Å². The van der Waals surface area contributed by atoms with Crippen LogP contribution in [0.4, 0.5) is 4.39 Å². The van der Waals surface area contributed by atoms with E-state index >= 15 is 0 Å². The number of rotatable bonds is 2. The van der Waals surface area contributed by atoms with Gasteiger partial charge in [-0.2, -0.15) is 0 Å². The third kappa shape index (κ3) is 2.38. The SMILES string of the molecule is O=C(c1cscn1)N1CCC(c2ccccc2F)C1. The Hall–Kier alpha value is -1.75.